The summed E-state index contributed by atoms with van der Waals surface area (Å²) in [6, 6.07) is 20.5. The zero-order chi connectivity index (χ0) is 18.5. The van der Waals surface area contributed by atoms with Gasteiger partial charge in [0.05, 0.1) is 5.92 Å². The second-order valence-electron chi connectivity index (χ2n) is 7.16. The number of carbonyl (C=O) groups excluding carboxylic acids is 2. The van der Waals surface area contributed by atoms with Crippen molar-refractivity contribution in [3.8, 4) is 0 Å². The molecule has 1 aliphatic rings. The third kappa shape index (κ3) is 4.13. The van der Waals surface area contributed by atoms with E-state index in [2.05, 4.69) is 29.6 Å². The van der Waals surface area contributed by atoms with Gasteiger partial charge in [-0.3, -0.25) is 9.59 Å². The van der Waals surface area contributed by atoms with Gasteiger partial charge in [-0.25, -0.2) is 0 Å². The van der Waals surface area contributed by atoms with Crippen molar-refractivity contribution >= 4 is 11.8 Å². The summed E-state index contributed by atoms with van der Waals surface area (Å²) in [6.45, 7) is 5.01. The Morgan fingerprint density at radius 3 is 2.04 bits per heavy atom. The Labute approximate surface area is 155 Å². The maximum Gasteiger partial charge on any atom is 0.225 e. The Morgan fingerprint density at radius 1 is 1.04 bits per heavy atom. The smallest absolute Gasteiger partial charge is 0.225 e. The summed E-state index contributed by atoms with van der Waals surface area (Å²) in [5.41, 5.74) is 2.34. The molecule has 2 amide bonds. The molecule has 136 valence electrons. The summed E-state index contributed by atoms with van der Waals surface area (Å²) in [5.74, 6) is -0.113. The van der Waals surface area contributed by atoms with Crippen LogP contribution in [0.1, 0.15) is 37.3 Å². The van der Waals surface area contributed by atoms with Gasteiger partial charge in [0.25, 0.3) is 0 Å². The number of nitrogens with one attached hydrogen (secondary N) is 1. The summed E-state index contributed by atoms with van der Waals surface area (Å²) in [5, 5.41) is 3.08. The number of amides is 2. The van der Waals surface area contributed by atoms with Gasteiger partial charge in [0.1, 0.15) is 0 Å². The predicted molar refractivity (Wildman–Crippen MR) is 103 cm³/mol. The lowest BCUT2D eigenvalue weighted by Gasteiger charge is -2.22. The zero-order valence-corrected chi connectivity index (χ0v) is 15.4. The van der Waals surface area contributed by atoms with Crippen molar-refractivity contribution in [3.05, 3.63) is 71.8 Å². The van der Waals surface area contributed by atoms with Gasteiger partial charge in [-0.2, -0.15) is 0 Å². The first kappa shape index (κ1) is 18.2. The molecule has 3 rings (SSSR count). The predicted octanol–water partition coefficient (Wildman–Crippen LogP) is 3.19. The van der Waals surface area contributed by atoms with Gasteiger partial charge < -0.3 is 10.2 Å². The maximum atomic E-state index is 12.6. The number of rotatable bonds is 6. The first-order chi connectivity index (χ1) is 12.6. The van der Waals surface area contributed by atoms with Crippen molar-refractivity contribution < 1.29 is 9.59 Å². The number of nitrogens with zero attached hydrogens (tertiary/aromatic N) is 1. The molecule has 0 aromatic heterocycles. The first-order valence-electron chi connectivity index (χ1n) is 9.23. The summed E-state index contributed by atoms with van der Waals surface area (Å²) < 4.78 is 0. The zero-order valence-electron chi connectivity index (χ0n) is 15.4. The molecule has 1 aliphatic heterocycles. The average molecular weight is 350 g/mol. The number of carbonyl (C=O) groups is 2. The topological polar surface area (TPSA) is 49.4 Å². The molecule has 0 radical (unpaired) electrons. The van der Waals surface area contributed by atoms with Crippen molar-refractivity contribution in [2.75, 3.05) is 13.1 Å². The Morgan fingerprint density at radius 2 is 1.58 bits per heavy atom. The molecule has 0 bridgehead atoms. The lowest BCUT2D eigenvalue weighted by molar-refractivity contribution is -0.129. The van der Waals surface area contributed by atoms with E-state index in [0.29, 0.717) is 19.5 Å². The van der Waals surface area contributed by atoms with E-state index in [-0.39, 0.29) is 29.7 Å². The largest absolute Gasteiger partial charge is 0.355 e. The Kier molecular flexibility index (Phi) is 5.71. The van der Waals surface area contributed by atoms with Gasteiger partial charge in [-0.1, -0.05) is 60.7 Å². The molecule has 0 spiro atoms. The molecule has 0 unspecified atom stereocenters. The second kappa shape index (κ2) is 8.17. The fourth-order valence-electron chi connectivity index (χ4n) is 3.55. The van der Waals surface area contributed by atoms with E-state index >= 15 is 0 Å². The first-order valence-corrected chi connectivity index (χ1v) is 9.23. The van der Waals surface area contributed by atoms with Crippen LogP contribution in [-0.2, 0) is 9.59 Å². The minimum atomic E-state index is -0.253. The van der Waals surface area contributed by atoms with Crippen molar-refractivity contribution in [3.63, 3.8) is 0 Å². The lowest BCUT2D eigenvalue weighted by Crippen LogP contribution is -2.37. The normalized spacial score (nSPS) is 17.2. The molecular weight excluding hydrogens is 324 g/mol. The van der Waals surface area contributed by atoms with Crippen LogP contribution in [0.25, 0.3) is 0 Å². The van der Waals surface area contributed by atoms with Gasteiger partial charge in [-0.05, 0) is 25.0 Å². The molecule has 1 atom stereocenters. The van der Waals surface area contributed by atoms with Crippen molar-refractivity contribution in [1.29, 1.82) is 0 Å². The molecule has 1 heterocycles. The Balaban J connectivity index is 1.69. The van der Waals surface area contributed by atoms with Crippen molar-refractivity contribution in [2.45, 2.75) is 32.2 Å². The van der Waals surface area contributed by atoms with Crippen molar-refractivity contribution in [1.82, 2.24) is 10.2 Å². The van der Waals surface area contributed by atoms with Crippen LogP contribution in [0, 0.1) is 5.92 Å². The second-order valence-corrected chi connectivity index (χ2v) is 7.16. The quantitative estimate of drug-likeness (QED) is 0.870. The van der Waals surface area contributed by atoms with E-state index in [0.717, 1.165) is 0 Å². The summed E-state index contributed by atoms with van der Waals surface area (Å²) in [4.78, 5) is 26.5. The van der Waals surface area contributed by atoms with Crippen LogP contribution < -0.4 is 5.32 Å². The Bertz CT molecular complexity index is 704. The van der Waals surface area contributed by atoms with Crippen LogP contribution in [0.15, 0.2) is 60.7 Å². The van der Waals surface area contributed by atoms with E-state index in [1.807, 2.05) is 50.2 Å². The van der Waals surface area contributed by atoms with Gasteiger partial charge in [0.15, 0.2) is 0 Å². The van der Waals surface area contributed by atoms with E-state index in [4.69, 9.17) is 0 Å². The van der Waals surface area contributed by atoms with Crippen LogP contribution in [-0.4, -0.2) is 35.8 Å². The van der Waals surface area contributed by atoms with E-state index < -0.39 is 0 Å². The summed E-state index contributed by atoms with van der Waals surface area (Å²) in [6.07, 6.45) is 0.311. The average Bonchev–Trinajstić information content (AvgIpc) is 3.06. The number of hydrogen-bond acceptors (Lipinski definition) is 2. The van der Waals surface area contributed by atoms with Gasteiger partial charge in [0, 0.05) is 31.5 Å². The van der Waals surface area contributed by atoms with Gasteiger partial charge in [-0.15, -0.1) is 0 Å². The molecule has 1 fully saturated rings. The summed E-state index contributed by atoms with van der Waals surface area (Å²) in [7, 11) is 0. The number of hydrogen-bond donors (Lipinski definition) is 1. The van der Waals surface area contributed by atoms with Crippen LogP contribution >= 0.6 is 0 Å². The maximum absolute atomic E-state index is 12.6. The Hall–Kier alpha value is -2.62. The highest BCUT2D eigenvalue weighted by Crippen LogP contribution is 2.25. The fraction of sp³-hybridized carbons (Fsp3) is 0.364. The van der Waals surface area contributed by atoms with E-state index in [1.54, 1.807) is 4.90 Å². The minimum absolute atomic E-state index is 0.0293. The molecular formula is C22H26N2O2. The molecule has 4 heteroatoms. The van der Waals surface area contributed by atoms with Crippen LogP contribution in [0.5, 0.6) is 0 Å². The molecule has 1 N–H and O–H groups in total. The number of benzene rings is 2. The minimum Gasteiger partial charge on any atom is -0.355 e. The van der Waals surface area contributed by atoms with Crippen molar-refractivity contribution in [2.24, 2.45) is 5.92 Å². The SMILES string of the molecule is CC(C)N1C[C@H](C(=O)NCC(c2ccccc2)c2ccccc2)CC1=O. The fourth-order valence-corrected chi connectivity index (χ4v) is 3.55. The van der Waals surface area contributed by atoms with Crippen LogP contribution in [0.4, 0.5) is 0 Å². The molecule has 2 aromatic carbocycles. The van der Waals surface area contributed by atoms with E-state index in [1.165, 1.54) is 11.1 Å². The highest BCUT2D eigenvalue weighted by atomic mass is 16.2. The highest BCUT2D eigenvalue weighted by molar-refractivity contribution is 5.89. The molecule has 1 saturated heterocycles. The highest BCUT2D eigenvalue weighted by Gasteiger charge is 2.35. The molecule has 0 saturated carbocycles. The van der Waals surface area contributed by atoms with E-state index in [9.17, 15) is 9.59 Å². The van der Waals surface area contributed by atoms with Gasteiger partial charge >= 0.3 is 0 Å². The summed E-state index contributed by atoms with van der Waals surface area (Å²) >= 11 is 0. The molecule has 0 aliphatic carbocycles. The molecule has 2 aromatic rings. The third-order valence-corrected chi connectivity index (χ3v) is 5.04. The molecule has 26 heavy (non-hydrogen) atoms. The van der Waals surface area contributed by atoms with Crippen LogP contribution in [0.3, 0.4) is 0 Å². The number of likely N-dealkylation sites (tertiary alicyclic amines) is 1. The van der Waals surface area contributed by atoms with Crippen LogP contribution in [0.2, 0.25) is 0 Å². The monoisotopic (exact) mass is 350 g/mol. The standard InChI is InChI=1S/C22H26N2O2/c1-16(2)24-15-19(13-21(24)25)22(26)23-14-20(17-9-5-3-6-10-17)18-11-7-4-8-12-18/h3-12,16,19-20H,13-15H2,1-2H3,(H,23,26)/t19-/m1/s1. The molecule has 4 nitrogen and oxygen atoms in total. The lowest BCUT2D eigenvalue weighted by atomic mass is 9.91. The van der Waals surface area contributed by atoms with Gasteiger partial charge in [0.2, 0.25) is 11.8 Å². The third-order valence-electron chi connectivity index (χ3n) is 5.04.